The van der Waals surface area contributed by atoms with Crippen molar-refractivity contribution in [2.24, 2.45) is 0 Å². The van der Waals surface area contributed by atoms with Gasteiger partial charge < -0.3 is 15.4 Å². The zero-order valence-electron chi connectivity index (χ0n) is 16.4. The molecule has 3 aromatic rings. The van der Waals surface area contributed by atoms with Crippen LogP contribution in [-0.2, 0) is 11.4 Å². The lowest BCUT2D eigenvalue weighted by atomic mass is 10.1. The Bertz CT molecular complexity index is 1080. The summed E-state index contributed by atoms with van der Waals surface area (Å²) in [5, 5.41) is 5.80. The van der Waals surface area contributed by atoms with E-state index in [4.69, 9.17) is 4.74 Å². The molecule has 0 spiro atoms. The highest BCUT2D eigenvalue weighted by atomic mass is 32.2. The van der Waals surface area contributed by atoms with Crippen molar-refractivity contribution in [3.05, 3.63) is 100 Å². The third kappa shape index (κ3) is 5.02. The van der Waals surface area contributed by atoms with Crippen molar-refractivity contribution in [1.29, 1.82) is 0 Å². The Balaban J connectivity index is 1.37. The highest BCUT2D eigenvalue weighted by Gasteiger charge is 2.27. The molecule has 1 aliphatic rings. The van der Waals surface area contributed by atoms with Crippen LogP contribution in [0.5, 0.6) is 5.75 Å². The number of para-hydroxylation sites is 1. The topological polar surface area (TPSA) is 50.4 Å². The van der Waals surface area contributed by atoms with Crippen LogP contribution in [-0.4, -0.2) is 11.4 Å². The number of ether oxygens (including phenoxy) is 1. The van der Waals surface area contributed by atoms with Gasteiger partial charge in [-0.05, 0) is 48.4 Å². The van der Waals surface area contributed by atoms with Crippen molar-refractivity contribution in [3.8, 4) is 5.75 Å². The van der Waals surface area contributed by atoms with Crippen LogP contribution in [0.15, 0.2) is 77.7 Å². The summed E-state index contributed by atoms with van der Waals surface area (Å²) in [5.74, 6) is 0.223. The maximum absolute atomic E-state index is 13.8. The number of hydrogen-bond acceptors (Lipinski definition) is 4. The number of nitrogens with one attached hydrogen (secondary N) is 2. The van der Waals surface area contributed by atoms with Crippen molar-refractivity contribution >= 4 is 29.4 Å². The van der Waals surface area contributed by atoms with Gasteiger partial charge in [0.25, 0.3) is 5.91 Å². The molecule has 1 atom stereocenters. The minimum Gasteiger partial charge on any atom is -0.489 e. The van der Waals surface area contributed by atoms with Gasteiger partial charge in [0, 0.05) is 0 Å². The van der Waals surface area contributed by atoms with Crippen molar-refractivity contribution in [3.63, 3.8) is 0 Å². The van der Waals surface area contributed by atoms with Crippen molar-refractivity contribution in [1.82, 2.24) is 5.32 Å². The SMILES string of the molecule is Cc1cccc(COc2ccc(/C=C3\SC(Nc4ccccc4F)NC3=O)cc2)c1. The number of hydrogen-bond donors (Lipinski definition) is 2. The molecule has 1 unspecified atom stereocenters. The molecule has 3 aromatic carbocycles. The van der Waals surface area contributed by atoms with Gasteiger partial charge >= 0.3 is 0 Å². The summed E-state index contributed by atoms with van der Waals surface area (Å²) in [6.07, 6.45) is 1.81. The molecule has 0 aromatic heterocycles. The fourth-order valence-electron chi connectivity index (χ4n) is 3.07. The lowest BCUT2D eigenvalue weighted by molar-refractivity contribution is -0.116. The molecule has 0 saturated carbocycles. The fraction of sp³-hybridized carbons (Fsp3) is 0.125. The van der Waals surface area contributed by atoms with Gasteiger partial charge in [-0.2, -0.15) is 0 Å². The van der Waals surface area contributed by atoms with Crippen LogP contribution in [0.1, 0.15) is 16.7 Å². The maximum Gasteiger partial charge on any atom is 0.260 e. The van der Waals surface area contributed by atoms with E-state index in [0.717, 1.165) is 16.9 Å². The second-order valence-corrected chi connectivity index (χ2v) is 8.10. The molecule has 152 valence electrons. The molecule has 1 amide bonds. The van der Waals surface area contributed by atoms with Gasteiger partial charge in [-0.3, -0.25) is 4.79 Å². The quantitative estimate of drug-likeness (QED) is 0.531. The summed E-state index contributed by atoms with van der Waals surface area (Å²) in [7, 11) is 0. The zero-order chi connectivity index (χ0) is 20.9. The highest BCUT2D eigenvalue weighted by Crippen LogP contribution is 2.31. The molecule has 6 heteroatoms. The molecule has 4 rings (SSSR count). The molecule has 2 N–H and O–H groups in total. The first-order valence-corrected chi connectivity index (χ1v) is 10.4. The molecular formula is C24H21FN2O2S. The first-order valence-electron chi connectivity index (χ1n) is 9.55. The van der Waals surface area contributed by atoms with Gasteiger partial charge in [0.1, 0.15) is 18.2 Å². The lowest BCUT2D eigenvalue weighted by Crippen LogP contribution is -2.31. The first kappa shape index (κ1) is 20.0. The number of carbonyl (C=O) groups excluding carboxylic acids is 1. The average Bonchev–Trinajstić information content (AvgIpc) is 3.08. The number of anilines is 1. The molecule has 1 heterocycles. The Labute approximate surface area is 179 Å². The van der Waals surface area contributed by atoms with Gasteiger partial charge in [0.05, 0.1) is 10.6 Å². The van der Waals surface area contributed by atoms with E-state index in [-0.39, 0.29) is 11.7 Å². The first-order chi connectivity index (χ1) is 14.6. The summed E-state index contributed by atoms with van der Waals surface area (Å²) >= 11 is 1.32. The van der Waals surface area contributed by atoms with Crippen LogP contribution in [0.3, 0.4) is 0 Å². The van der Waals surface area contributed by atoms with E-state index in [1.165, 1.54) is 23.4 Å². The Kier molecular flexibility index (Phi) is 6.05. The number of thioether (sulfide) groups is 1. The van der Waals surface area contributed by atoms with Crippen LogP contribution in [0.4, 0.5) is 10.1 Å². The molecule has 4 nitrogen and oxygen atoms in total. The van der Waals surface area contributed by atoms with Crippen LogP contribution in [0, 0.1) is 12.7 Å². The number of amides is 1. The largest absolute Gasteiger partial charge is 0.489 e. The van der Waals surface area contributed by atoms with Gasteiger partial charge in [0.2, 0.25) is 0 Å². The molecule has 0 bridgehead atoms. The van der Waals surface area contributed by atoms with Crippen molar-refractivity contribution < 1.29 is 13.9 Å². The van der Waals surface area contributed by atoms with Crippen LogP contribution in [0.2, 0.25) is 0 Å². The van der Waals surface area contributed by atoms with E-state index in [1.54, 1.807) is 18.2 Å². The Morgan fingerprint density at radius 3 is 2.67 bits per heavy atom. The summed E-state index contributed by atoms with van der Waals surface area (Å²) in [6, 6.07) is 22.2. The van der Waals surface area contributed by atoms with Gasteiger partial charge in [-0.1, -0.05) is 65.9 Å². The van der Waals surface area contributed by atoms with E-state index in [0.29, 0.717) is 17.2 Å². The predicted octanol–water partition coefficient (Wildman–Crippen LogP) is 5.31. The molecule has 1 aliphatic heterocycles. The minimum absolute atomic E-state index is 0.186. The van der Waals surface area contributed by atoms with Crippen molar-refractivity contribution in [2.45, 2.75) is 19.0 Å². The Morgan fingerprint density at radius 1 is 1.10 bits per heavy atom. The molecular weight excluding hydrogens is 399 g/mol. The molecule has 0 radical (unpaired) electrons. The maximum atomic E-state index is 13.8. The smallest absolute Gasteiger partial charge is 0.260 e. The summed E-state index contributed by atoms with van der Waals surface area (Å²) in [4.78, 5) is 12.8. The summed E-state index contributed by atoms with van der Waals surface area (Å²) < 4.78 is 19.6. The Hall–Kier alpha value is -3.25. The monoisotopic (exact) mass is 420 g/mol. The number of carbonyl (C=O) groups is 1. The normalized spacial score (nSPS) is 17.1. The van der Waals surface area contributed by atoms with E-state index in [9.17, 15) is 9.18 Å². The third-order valence-electron chi connectivity index (χ3n) is 4.56. The van der Waals surface area contributed by atoms with E-state index >= 15 is 0 Å². The van der Waals surface area contributed by atoms with Gasteiger partial charge in [-0.25, -0.2) is 4.39 Å². The average molecular weight is 421 g/mol. The zero-order valence-corrected chi connectivity index (χ0v) is 17.2. The van der Waals surface area contributed by atoms with Crippen LogP contribution >= 0.6 is 11.8 Å². The molecule has 30 heavy (non-hydrogen) atoms. The summed E-state index contributed by atoms with van der Waals surface area (Å²) in [6.45, 7) is 2.56. The number of benzene rings is 3. The number of aryl methyl sites for hydroxylation is 1. The standard InChI is InChI=1S/C24H21FN2O2S/c1-16-5-4-6-18(13-16)15-29-19-11-9-17(10-12-19)14-22-23(28)27-24(30-22)26-21-8-3-2-7-20(21)25/h2-14,24,26H,15H2,1H3,(H,27,28)/b22-14-. The Morgan fingerprint density at radius 2 is 1.90 bits per heavy atom. The van der Waals surface area contributed by atoms with E-state index < -0.39 is 5.50 Å². The molecule has 0 aliphatic carbocycles. The van der Waals surface area contributed by atoms with Gasteiger partial charge in [0.15, 0.2) is 5.50 Å². The number of halogens is 1. The second-order valence-electron chi connectivity index (χ2n) is 6.95. The van der Waals surface area contributed by atoms with E-state index in [2.05, 4.69) is 29.7 Å². The second kappa shape index (κ2) is 9.05. The minimum atomic E-state index is -0.419. The van der Waals surface area contributed by atoms with Crippen molar-refractivity contribution in [2.75, 3.05) is 5.32 Å². The fourth-order valence-corrected chi connectivity index (χ4v) is 4.04. The van der Waals surface area contributed by atoms with Gasteiger partial charge in [-0.15, -0.1) is 0 Å². The molecule has 1 fully saturated rings. The number of rotatable bonds is 6. The van der Waals surface area contributed by atoms with Crippen LogP contribution in [0.25, 0.3) is 6.08 Å². The predicted molar refractivity (Wildman–Crippen MR) is 119 cm³/mol. The third-order valence-corrected chi connectivity index (χ3v) is 5.59. The highest BCUT2D eigenvalue weighted by molar-refractivity contribution is 8.05. The molecule has 1 saturated heterocycles. The van der Waals surface area contributed by atoms with E-state index in [1.807, 2.05) is 42.5 Å². The summed E-state index contributed by atoms with van der Waals surface area (Å²) in [5.41, 5.74) is 3.15. The lowest BCUT2D eigenvalue weighted by Gasteiger charge is -2.12. The van der Waals surface area contributed by atoms with Crippen LogP contribution < -0.4 is 15.4 Å².